The van der Waals surface area contributed by atoms with Crippen LogP contribution in [0.5, 0.6) is 0 Å². The van der Waals surface area contributed by atoms with Gasteiger partial charge in [0.05, 0.1) is 17.9 Å². The maximum atomic E-state index is 14.7. The second-order valence-electron chi connectivity index (χ2n) is 8.70. The highest BCUT2D eigenvalue weighted by Gasteiger charge is 2.49. The first-order valence-electron chi connectivity index (χ1n) is 11.1. The number of allylic oxidation sites excluding steroid dienone is 1. The lowest BCUT2D eigenvalue weighted by Gasteiger charge is -2.28. The van der Waals surface area contributed by atoms with E-state index in [9.17, 15) is 18.4 Å². The van der Waals surface area contributed by atoms with E-state index < -0.39 is 29.1 Å². The van der Waals surface area contributed by atoms with E-state index in [0.717, 1.165) is 53.1 Å². The van der Waals surface area contributed by atoms with Crippen LogP contribution in [0.25, 0.3) is 0 Å². The van der Waals surface area contributed by atoms with Crippen LogP contribution in [0.4, 0.5) is 18.6 Å². The van der Waals surface area contributed by atoms with E-state index >= 15 is 0 Å². The van der Waals surface area contributed by atoms with Crippen molar-refractivity contribution in [1.82, 2.24) is 10.2 Å². The molecule has 0 fully saturated rings. The number of nitrogens with one attached hydrogen (secondary N) is 2. The molecule has 1 aromatic rings. The van der Waals surface area contributed by atoms with E-state index in [4.69, 9.17) is 4.74 Å². The fourth-order valence-electron chi connectivity index (χ4n) is 4.81. The number of thiophene rings is 1. The molecule has 0 radical (unpaired) electrons. The van der Waals surface area contributed by atoms with Gasteiger partial charge in [0.25, 0.3) is 5.92 Å². The number of rotatable bonds is 6. The lowest BCUT2D eigenvalue weighted by atomic mass is 9.88. The summed E-state index contributed by atoms with van der Waals surface area (Å²) in [5.41, 5.74) is 2.37. The monoisotopic (exact) mass is 497 g/mol. The summed E-state index contributed by atoms with van der Waals surface area (Å²) in [6.07, 6.45) is 5.10. The summed E-state index contributed by atoms with van der Waals surface area (Å²) in [6.45, 7) is 4.87. The van der Waals surface area contributed by atoms with Crippen LogP contribution in [0.3, 0.4) is 0 Å². The number of carbonyl (C=O) groups is 2. The SMILES string of the molecule is C=CC(F)(F)C1SC2=C(CCN(C)C2)C1CNC(=O)Nc1sc2c(c1C(=O)OC)CCCC2. The molecule has 2 unspecified atom stereocenters. The van der Waals surface area contributed by atoms with Crippen molar-refractivity contribution in [2.45, 2.75) is 43.3 Å². The average Bonchev–Trinajstić information content (AvgIpc) is 3.34. The van der Waals surface area contributed by atoms with Gasteiger partial charge < -0.3 is 15.0 Å². The minimum atomic E-state index is -3.05. The van der Waals surface area contributed by atoms with Gasteiger partial charge in [-0.15, -0.1) is 23.1 Å². The Morgan fingerprint density at radius 1 is 1.30 bits per heavy atom. The third-order valence-electron chi connectivity index (χ3n) is 6.54. The summed E-state index contributed by atoms with van der Waals surface area (Å²) in [4.78, 5) is 29.4. The van der Waals surface area contributed by atoms with Crippen molar-refractivity contribution >= 4 is 40.1 Å². The first-order chi connectivity index (χ1) is 15.7. The first kappa shape index (κ1) is 24.2. The molecule has 0 saturated carbocycles. The van der Waals surface area contributed by atoms with Crippen molar-refractivity contribution in [1.29, 1.82) is 0 Å². The van der Waals surface area contributed by atoms with Gasteiger partial charge in [0.2, 0.25) is 0 Å². The number of hydrogen-bond donors (Lipinski definition) is 2. The number of halogens is 2. The van der Waals surface area contributed by atoms with Crippen LogP contribution in [0.2, 0.25) is 0 Å². The molecule has 2 amide bonds. The smallest absolute Gasteiger partial charge is 0.341 e. The second-order valence-corrected chi connectivity index (χ2v) is 11.0. The van der Waals surface area contributed by atoms with Crippen LogP contribution >= 0.6 is 23.1 Å². The van der Waals surface area contributed by atoms with E-state index in [0.29, 0.717) is 29.6 Å². The molecule has 1 aliphatic carbocycles. The fraction of sp³-hybridized carbons (Fsp3) is 0.565. The second kappa shape index (κ2) is 9.76. The van der Waals surface area contributed by atoms with Crippen LogP contribution < -0.4 is 10.6 Å². The van der Waals surface area contributed by atoms with Crippen LogP contribution in [-0.4, -0.2) is 61.9 Å². The van der Waals surface area contributed by atoms with E-state index in [2.05, 4.69) is 22.1 Å². The Bertz CT molecular complexity index is 992. The number of methoxy groups -OCH3 is 1. The standard InChI is InChI=1S/C23H29F2N3O3S2/c1-4-23(24,25)19-15(13-9-10-28(2)12-17(13)32-19)11-26-22(30)27-20-18(21(29)31-3)14-7-5-6-8-16(14)33-20/h4,15,19H,1,5-12H2,2-3H3,(H2,26,27,30). The number of aryl methyl sites for hydroxylation is 1. The number of likely N-dealkylation sites (N-methyl/N-ethyl adjacent to an activating group) is 1. The summed E-state index contributed by atoms with van der Waals surface area (Å²) in [5.74, 6) is -3.99. The molecule has 2 atom stereocenters. The van der Waals surface area contributed by atoms with Gasteiger partial charge in [-0.2, -0.15) is 0 Å². The normalized spacial score (nSPS) is 23.0. The van der Waals surface area contributed by atoms with Crippen molar-refractivity contribution in [3.8, 4) is 0 Å². The predicted molar refractivity (Wildman–Crippen MR) is 128 cm³/mol. The zero-order valence-electron chi connectivity index (χ0n) is 18.8. The van der Waals surface area contributed by atoms with Crippen molar-refractivity contribution in [3.63, 3.8) is 0 Å². The molecule has 2 aliphatic heterocycles. The highest BCUT2D eigenvalue weighted by Crippen LogP contribution is 2.51. The number of urea groups is 1. The Labute approximate surface area is 200 Å². The maximum absolute atomic E-state index is 14.7. The third-order valence-corrected chi connectivity index (χ3v) is 9.32. The van der Waals surface area contributed by atoms with Gasteiger partial charge in [0.1, 0.15) is 5.00 Å². The Kier molecular flexibility index (Phi) is 7.16. The molecule has 3 aliphatic rings. The molecular formula is C23H29F2N3O3S2. The highest BCUT2D eigenvalue weighted by molar-refractivity contribution is 8.04. The van der Waals surface area contributed by atoms with Crippen molar-refractivity contribution in [2.24, 2.45) is 5.92 Å². The lowest BCUT2D eigenvalue weighted by Crippen LogP contribution is -2.42. The minimum absolute atomic E-state index is 0.0914. The number of amides is 2. The van der Waals surface area contributed by atoms with Crippen LogP contribution in [0.15, 0.2) is 23.1 Å². The number of fused-ring (bicyclic) bond motifs is 1. The number of carbonyl (C=O) groups excluding carboxylic acids is 2. The summed E-state index contributed by atoms with van der Waals surface area (Å²) >= 11 is 2.60. The summed E-state index contributed by atoms with van der Waals surface area (Å²) in [6, 6.07) is -0.508. The number of esters is 1. The third kappa shape index (κ3) is 4.83. The Balaban J connectivity index is 1.49. The molecule has 0 bridgehead atoms. The molecule has 33 heavy (non-hydrogen) atoms. The lowest BCUT2D eigenvalue weighted by molar-refractivity contribution is 0.0413. The van der Waals surface area contributed by atoms with Gasteiger partial charge in [-0.1, -0.05) is 12.2 Å². The topological polar surface area (TPSA) is 70.7 Å². The highest BCUT2D eigenvalue weighted by atomic mass is 32.2. The van der Waals surface area contributed by atoms with Gasteiger partial charge in [-0.3, -0.25) is 5.32 Å². The van der Waals surface area contributed by atoms with Crippen molar-refractivity contribution < 1.29 is 23.1 Å². The number of thioether (sulfide) groups is 1. The van der Waals surface area contributed by atoms with Crippen molar-refractivity contribution in [2.75, 3.05) is 39.1 Å². The van der Waals surface area contributed by atoms with Crippen molar-refractivity contribution in [3.05, 3.63) is 39.1 Å². The zero-order valence-corrected chi connectivity index (χ0v) is 20.5. The first-order valence-corrected chi connectivity index (χ1v) is 12.8. The number of alkyl halides is 2. The largest absolute Gasteiger partial charge is 0.465 e. The molecule has 2 N–H and O–H groups in total. The van der Waals surface area contributed by atoms with E-state index in [1.165, 1.54) is 30.2 Å². The minimum Gasteiger partial charge on any atom is -0.465 e. The number of hydrogen-bond acceptors (Lipinski definition) is 6. The average molecular weight is 498 g/mol. The molecular weight excluding hydrogens is 468 g/mol. The van der Waals surface area contributed by atoms with Gasteiger partial charge in [-0.05, 0) is 55.7 Å². The molecule has 1 aromatic heterocycles. The molecule has 0 spiro atoms. The van der Waals surface area contributed by atoms with E-state index in [-0.39, 0.29) is 6.54 Å². The van der Waals surface area contributed by atoms with E-state index in [1.807, 2.05) is 7.05 Å². The quantitative estimate of drug-likeness (QED) is 0.441. The van der Waals surface area contributed by atoms with Gasteiger partial charge in [0.15, 0.2) is 0 Å². The Hall–Kier alpha value is -1.91. The number of anilines is 1. The number of nitrogens with zero attached hydrogens (tertiary/aromatic N) is 1. The van der Waals surface area contributed by atoms with Crippen LogP contribution in [-0.2, 0) is 17.6 Å². The predicted octanol–water partition coefficient (Wildman–Crippen LogP) is 4.68. The van der Waals surface area contributed by atoms with Crippen LogP contribution in [0, 0.1) is 5.92 Å². The van der Waals surface area contributed by atoms with E-state index in [1.54, 1.807) is 0 Å². The molecule has 0 saturated heterocycles. The maximum Gasteiger partial charge on any atom is 0.341 e. The number of ether oxygens (including phenoxy) is 1. The molecule has 6 nitrogen and oxygen atoms in total. The van der Waals surface area contributed by atoms with Gasteiger partial charge >= 0.3 is 12.0 Å². The Morgan fingerprint density at radius 2 is 2.06 bits per heavy atom. The summed E-state index contributed by atoms with van der Waals surface area (Å²) < 4.78 is 34.3. The van der Waals surface area contributed by atoms with Gasteiger partial charge in [0, 0.05) is 30.4 Å². The van der Waals surface area contributed by atoms with Crippen LogP contribution in [0.1, 0.15) is 40.1 Å². The fourth-order valence-corrected chi connectivity index (χ4v) is 7.77. The molecule has 4 rings (SSSR count). The zero-order chi connectivity index (χ0) is 23.8. The van der Waals surface area contributed by atoms with Gasteiger partial charge in [-0.25, -0.2) is 18.4 Å². The molecule has 3 heterocycles. The molecule has 180 valence electrons. The summed E-state index contributed by atoms with van der Waals surface area (Å²) in [5, 5.41) is 5.03. The molecule has 0 aromatic carbocycles. The summed E-state index contributed by atoms with van der Waals surface area (Å²) in [7, 11) is 3.30. The Morgan fingerprint density at radius 3 is 2.79 bits per heavy atom. The molecule has 10 heteroatoms.